The predicted molar refractivity (Wildman–Crippen MR) is 56.2 cm³/mol. The lowest BCUT2D eigenvalue weighted by atomic mass is 9.95. The average molecular weight is 211 g/mol. The van der Waals surface area contributed by atoms with Gasteiger partial charge in [-0.05, 0) is 12.8 Å². The molecule has 15 heavy (non-hydrogen) atoms. The van der Waals surface area contributed by atoms with Crippen LogP contribution in [0.15, 0.2) is 4.52 Å². The van der Waals surface area contributed by atoms with Crippen LogP contribution in [0.2, 0.25) is 0 Å². The first-order valence-corrected chi connectivity index (χ1v) is 5.37. The van der Waals surface area contributed by atoms with Crippen molar-refractivity contribution in [2.24, 2.45) is 0 Å². The maximum Gasteiger partial charge on any atom is 0.341 e. The van der Waals surface area contributed by atoms with E-state index in [0.717, 1.165) is 12.8 Å². The molecule has 0 unspecified atom stereocenters. The molecular weight excluding hydrogens is 194 g/mol. The predicted octanol–water partition coefficient (Wildman–Crippen LogP) is 2.84. The first-order chi connectivity index (χ1) is 7.15. The van der Waals surface area contributed by atoms with Crippen molar-refractivity contribution in [3.8, 4) is 0 Å². The van der Waals surface area contributed by atoms with Gasteiger partial charge in [-0.25, -0.2) is 4.79 Å². The lowest BCUT2D eigenvalue weighted by Gasteiger charge is -2.08. The van der Waals surface area contributed by atoms with E-state index >= 15 is 0 Å². The number of aromatic nitrogens is 1. The van der Waals surface area contributed by atoms with Gasteiger partial charge >= 0.3 is 5.97 Å². The lowest BCUT2D eigenvalue weighted by Crippen LogP contribution is -2.07. The molecule has 0 spiro atoms. The second kappa shape index (κ2) is 4.96. The highest BCUT2D eigenvalue weighted by Gasteiger charge is 2.25. The highest BCUT2D eigenvalue weighted by molar-refractivity contribution is 5.90. The summed E-state index contributed by atoms with van der Waals surface area (Å²) in [5.74, 6) is -0.278. The van der Waals surface area contributed by atoms with Gasteiger partial charge in [-0.2, -0.15) is 0 Å². The Kier molecular flexibility index (Phi) is 3.88. The number of carboxylic acid groups (broad SMARTS) is 1. The summed E-state index contributed by atoms with van der Waals surface area (Å²) in [6, 6.07) is 0. The molecule has 0 aliphatic carbocycles. The van der Waals surface area contributed by atoms with Gasteiger partial charge < -0.3 is 9.63 Å². The molecular formula is C11H17NO3. The number of hydrogen-bond acceptors (Lipinski definition) is 3. The van der Waals surface area contributed by atoms with Crippen LogP contribution in [0, 0.1) is 0 Å². The Bertz CT molecular complexity index is 340. The second-order valence-corrected chi connectivity index (χ2v) is 3.54. The van der Waals surface area contributed by atoms with Gasteiger partial charge in [0.25, 0.3) is 0 Å². The van der Waals surface area contributed by atoms with E-state index in [4.69, 9.17) is 9.63 Å². The van der Waals surface area contributed by atoms with Crippen molar-refractivity contribution in [2.75, 3.05) is 0 Å². The molecule has 0 radical (unpaired) electrons. The maximum absolute atomic E-state index is 11.1. The monoisotopic (exact) mass is 211 g/mol. The molecule has 1 heterocycles. The van der Waals surface area contributed by atoms with Gasteiger partial charge in [0.05, 0.1) is 0 Å². The fourth-order valence-electron chi connectivity index (χ4n) is 1.76. The van der Waals surface area contributed by atoms with Crippen LogP contribution in [-0.4, -0.2) is 16.2 Å². The van der Waals surface area contributed by atoms with Gasteiger partial charge in [-0.3, -0.25) is 0 Å². The SMILES string of the molecule is CCc1onc(C(CC)CC)c1C(=O)O. The average Bonchev–Trinajstić information content (AvgIpc) is 2.63. The molecule has 0 atom stereocenters. The minimum atomic E-state index is -0.935. The summed E-state index contributed by atoms with van der Waals surface area (Å²) in [4.78, 5) is 11.1. The summed E-state index contributed by atoms with van der Waals surface area (Å²) >= 11 is 0. The summed E-state index contributed by atoms with van der Waals surface area (Å²) in [6.45, 7) is 5.92. The van der Waals surface area contributed by atoms with E-state index in [9.17, 15) is 4.79 Å². The van der Waals surface area contributed by atoms with Crippen molar-refractivity contribution in [2.45, 2.75) is 46.0 Å². The number of carboxylic acids is 1. The van der Waals surface area contributed by atoms with Crippen LogP contribution in [0.3, 0.4) is 0 Å². The van der Waals surface area contributed by atoms with Crippen molar-refractivity contribution < 1.29 is 14.4 Å². The Labute approximate surface area is 89.3 Å². The van der Waals surface area contributed by atoms with Gasteiger partial charge in [0.15, 0.2) is 5.76 Å². The number of rotatable bonds is 5. The smallest absolute Gasteiger partial charge is 0.341 e. The summed E-state index contributed by atoms with van der Waals surface area (Å²) in [5.41, 5.74) is 0.871. The van der Waals surface area contributed by atoms with E-state index < -0.39 is 5.97 Å². The molecule has 1 aromatic heterocycles. The minimum Gasteiger partial charge on any atom is -0.477 e. The van der Waals surface area contributed by atoms with Crippen LogP contribution in [0.25, 0.3) is 0 Å². The zero-order valence-electron chi connectivity index (χ0n) is 9.41. The highest BCUT2D eigenvalue weighted by atomic mass is 16.5. The Morgan fingerprint density at radius 2 is 2.00 bits per heavy atom. The van der Waals surface area contributed by atoms with Gasteiger partial charge in [-0.15, -0.1) is 0 Å². The van der Waals surface area contributed by atoms with Crippen molar-refractivity contribution in [1.29, 1.82) is 0 Å². The number of carbonyl (C=O) groups is 1. The van der Waals surface area contributed by atoms with E-state index in [2.05, 4.69) is 5.16 Å². The van der Waals surface area contributed by atoms with Gasteiger partial charge in [0, 0.05) is 12.3 Å². The summed E-state index contributed by atoms with van der Waals surface area (Å²) in [5, 5.41) is 13.0. The van der Waals surface area contributed by atoms with Crippen LogP contribution in [-0.2, 0) is 6.42 Å². The third kappa shape index (κ3) is 2.19. The van der Waals surface area contributed by atoms with Crippen molar-refractivity contribution in [3.05, 3.63) is 17.0 Å². The molecule has 0 bridgehead atoms. The number of aromatic carboxylic acids is 1. The molecule has 0 saturated carbocycles. The van der Waals surface area contributed by atoms with Gasteiger partial charge in [0.1, 0.15) is 11.3 Å². The van der Waals surface area contributed by atoms with E-state index in [1.807, 2.05) is 20.8 Å². The standard InChI is InChI=1S/C11H17NO3/c1-4-7(5-2)10-9(11(13)14)8(6-3)15-12-10/h7H,4-6H2,1-3H3,(H,13,14). The molecule has 0 aliphatic heterocycles. The molecule has 1 rings (SSSR count). The third-order valence-electron chi connectivity index (χ3n) is 2.70. The maximum atomic E-state index is 11.1. The van der Waals surface area contributed by atoms with Crippen LogP contribution >= 0.6 is 0 Å². The molecule has 0 saturated heterocycles. The zero-order chi connectivity index (χ0) is 11.4. The van der Waals surface area contributed by atoms with E-state index in [1.54, 1.807) is 0 Å². The molecule has 84 valence electrons. The van der Waals surface area contributed by atoms with Gasteiger partial charge in [0.2, 0.25) is 0 Å². The normalized spacial score (nSPS) is 10.9. The second-order valence-electron chi connectivity index (χ2n) is 3.54. The first-order valence-electron chi connectivity index (χ1n) is 5.37. The summed E-state index contributed by atoms with van der Waals surface area (Å²) < 4.78 is 5.06. The summed E-state index contributed by atoms with van der Waals surface area (Å²) in [7, 11) is 0. The first kappa shape index (κ1) is 11.8. The largest absolute Gasteiger partial charge is 0.477 e. The van der Waals surface area contributed by atoms with E-state index in [1.165, 1.54) is 0 Å². The molecule has 0 aromatic carbocycles. The van der Waals surface area contributed by atoms with Crippen LogP contribution in [0.1, 0.15) is 61.3 Å². The van der Waals surface area contributed by atoms with Crippen LogP contribution in [0.5, 0.6) is 0 Å². The third-order valence-corrected chi connectivity index (χ3v) is 2.70. The number of hydrogen-bond donors (Lipinski definition) is 1. The molecule has 0 amide bonds. The Morgan fingerprint density at radius 1 is 1.40 bits per heavy atom. The van der Waals surface area contributed by atoms with Crippen molar-refractivity contribution >= 4 is 5.97 Å². The number of aryl methyl sites for hydroxylation is 1. The topological polar surface area (TPSA) is 63.3 Å². The zero-order valence-corrected chi connectivity index (χ0v) is 9.41. The Balaban J connectivity index is 3.17. The van der Waals surface area contributed by atoms with E-state index in [-0.39, 0.29) is 11.5 Å². The van der Waals surface area contributed by atoms with E-state index in [0.29, 0.717) is 17.9 Å². The van der Waals surface area contributed by atoms with Crippen molar-refractivity contribution in [3.63, 3.8) is 0 Å². The molecule has 0 fully saturated rings. The molecule has 1 aromatic rings. The highest BCUT2D eigenvalue weighted by Crippen LogP contribution is 2.27. The number of nitrogens with zero attached hydrogens (tertiary/aromatic N) is 1. The van der Waals surface area contributed by atoms with Gasteiger partial charge in [-0.1, -0.05) is 25.9 Å². The Hall–Kier alpha value is -1.32. The quantitative estimate of drug-likeness (QED) is 0.813. The molecule has 4 heteroatoms. The minimum absolute atomic E-state index is 0.181. The summed E-state index contributed by atoms with van der Waals surface area (Å²) in [6.07, 6.45) is 2.33. The van der Waals surface area contributed by atoms with Crippen LogP contribution < -0.4 is 0 Å². The lowest BCUT2D eigenvalue weighted by molar-refractivity contribution is 0.0693. The fourth-order valence-corrected chi connectivity index (χ4v) is 1.76. The van der Waals surface area contributed by atoms with Crippen LogP contribution in [0.4, 0.5) is 0 Å². The fraction of sp³-hybridized carbons (Fsp3) is 0.636. The van der Waals surface area contributed by atoms with Crippen molar-refractivity contribution in [1.82, 2.24) is 5.16 Å². The molecule has 4 nitrogen and oxygen atoms in total. The molecule has 1 N–H and O–H groups in total. The Morgan fingerprint density at radius 3 is 2.40 bits per heavy atom. The molecule has 0 aliphatic rings.